The fraction of sp³-hybridized carbons (Fsp3) is 0.529. The molecule has 6 heteroatoms. The highest BCUT2D eigenvalue weighted by Gasteiger charge is 2.24. The maximum absolute atomic E-state index is 12.2. The van der Waals surface area contributed by atoms with Gasteiger partial charge in [0.05, 0.1) is 7.11 Å². The molecule has 1 heterocycles. The first-order chi connectivity index (χ1) is 11.1. The average Bonchev–Trinajstić information content (AvgIpc) is 2.58. The summed E-state index contributed by atoms with van der Waals surface area (Å²) in [5.41, 5.74) is 0.933. The number of hydrogen-bond donors (Lipinski definition) is 2. The van der Waals surface area contributed by atoms with Crippen molar-refractivity contribution in [3.8, 4) is 5.75 Å². The minimum atomic E-state index is -0.427. The number of rotatable bonds is 6. The van der Waals surface area contributed by atoms with Crippen LogP contribution in [0.1, 0.15) is 25.3 Å². The Bertz CT molecular complexity index is 547. The van der Waals surface area contributed by atoms with Crippen molar-refractivity contribution in [2.75, 3.05) is 20.3 Å². The summed E-state index contributed by atoms with van der Waals surface area (Å²) >= 11 is 0. The third-order valence-corrected chi connectivity index (χ3v) is 3.94. The Hall–Kier alpha value is -2.08. The van der Waals surface area contributed by atoms with E-state index in [-0.39, 0.29) is 18.4 Å². The van der Waals surface area contributed by atoms with E-state index in [1.54, 1.807) is 6.07 Å². The second kappa shape index (κ2) is 8.53. The quantitative estimate of drug-likeness (QED) is 0.771. The van der Waals surface area contributed by atoms with Crippen LogP contribution in [-0.2, 0) is 20.9 Å². The van der Waals surface area contributed by atoms with Crippen molar-refractivity contribution in [3.05, 3.63) is 29.8 Å². The van der Waals surface area contributed by atoms with Crippen LogP contribution in [0.4, 0.5) is 0 Å². The zero-order valence-electron chi connectivity index (χ0n) is 13.6. The smallest absolute Gasteiger partial charge is 0.343 e. The largest absolute Gasteiger partial charge is 0.482 e. The number of methoxy groups -OCH3 is 1. The summed E-state index contributed by atoms with van der Waals surface area (Å²) in [5.74, 6) is 0.325. The van der Waals surface area contributed by atoms with E-state index in [0.717, 1.165) is 24.9 Å². The number of amides is 1. The second-order valence-electron chi connectivity index (χ2n) is 5.81. The third kappa shape index (κ3) is 5.56. The molecule has 1 aliphatic rings. The zero-order valence-corrected chi connectivity index (χ0v) is 13.6. The number of benzene rings is 1. The van der Waals surface area contributed by atoms with E-state index in [0.29, 0.717) is 18.3 Å². The van der Waals surface area contributed by atoms with E-state index in [1.165, 1.54) is 7.11 Å². The molecule has 2 rings (SSSR count). The maximum Gasteiger partial charge on any atom is 0.343 e. The van der Waals surface area contributed by atoms with E-state index < -0.39 is 5.97 Å². The molecule has 2 N–H and O–H groups in total. The van der Waals surface area contributed by atoms with Gasteiger partial charge >= 0.3 is 5.97 Å². The highest BCUT2D eigenvalue weighted by molar-refractivity contribution is 5.78. The summed E-state index contributed by atoms with van der Waals surface area (Å²) in [5, 5.41) is 6.32. The minimum Gasteiger partial charge on any atom is -0.482 e. The van der Waals surface area contributed by atoms with Gasteiger partial charge in [-0.1, -0.05) is 12.1 Å². The Kier molecular flexibility index (Phi) is 6.40. The lowest BCUT2D eigenvalue weighted by Gasteiger charge is -2.27. The van der Waals surface area contributed by atoms with Crippen LogP contribution in [0.5, 0.6) is 5.75 Å². The lowest BCUT2D eigenvalue weighted by atomic mass is 9.92. The Morgan fingerprint density at radius 2 is 2.22 bits per heavy atom. The number of hydrogen-bond acceptors (Lipinski definition) is 5. The minimum absolute atomic E-state index is 0.0741. The van der Waals surface area contributed by atoms with Crippen LogP contribution in [0.15, 0.2) is 24.3 Å². The van der Waals surface area contributed by atoms with Gasteiger partial charge < -0.3 is 20.1 Å². The van der Waals surface area contributed by atoms with Gasteiger partial charge in [0.25, 0.3) is 0 Å². The fourth-order valence-corrected chi connectivity index (χ4v) is 2.65. The van der Waals surface area contributed by atoms with E-state index in [4.69, 9.17) is 4.74 Å². The predicted octanol–water partition coefficient (Wildman–Crippen LogP) is 1.24. The van der Waals surface area contributed by atoms with Crippen molar-refractivity contribution in [2.45, 2.75) is 32.4 Å². The molecule has 0 aromatic heterocycles. The number of piperidine rings is 1. The number of nitrogens with one attached hydrogen (secondary N) is 2. The van der Waals surface area contributed by atoms with Gasteiger partial charge in [-0.3, -0.25) is 4.79 Å². The fourth-order valence-electron chi connectivity index (χ4n) is 2.65. The van der Waals surface area contributed by atoms with E-state index in [1.807, 2.05) is 18.2 Å². The van der Waals surface area contributed by atoms with Gasteiger partial charge in [0.2, 0.25) is 5.91 Å². The van der Waals surface area contributed by atoms with Gasteiger partial charge in [-0.05, 0) is 44.0 Å². The Morgan fingerprint density at radius 1 is 1.39 bits per heavy atom. The van der Waals surface area contributed by atoms with E-state index >= 15 is 0 Å². The summed E-state index contributed by atoms with van der Waals surface area (Å²) in [6, 6.07) is 7.71. The Labute approximate surface area is 136 Å². The number of carbonyl (C=O) groups excluding carboxylic acids is 2. The highest BCUT2D eigenvalue weighted by atomic mass is 16.6. The molecule has 0 saturated carbocycles. The van der Waals surface area contributed by atoms with Crippen molar-refractivity contribution < 1.29 is 19.1 Å². The SMILES string of the molecule is COC(=O)COc1cccc(CNC(=O)[C@H]2CCN[C@@H](C)C2)c1. The van der Waals surface area contributed by atoms with Crippen molar-refractivity contribution in [2.24, 2.45) is 5.92 Å². The third-order valence-electron chi connectivity index (χ3n) is 3.94. The zero-order chi connectivity index (χ0) is 16.7. The summed E-state index contributed by atoms with van der Waals surface area (Å²) in [7, 11) is 1.32. The lowest BCUT2D eigenvalue weighted by Crippen LogP contribution is -2.42. The number of ether oxygens (including phenoxy) is 2. The second-order valence-corrected chi connectivity index (χ2v) is 5.81. The molecule has 1 amide bonds. The first-order valence-electron chi connectivity index (χ1n) is 7.88. The molecule has 0 radical (unpaired) electrons. The molecule has 0 bridgehead atoms. The van der Waals surface area contributed by atoms with Gasteiger partial charge in [0, 0.05) is 18.5 Å². The van der Waals surface area contributed by atoms with Crippen molar-refractivity contribution in [3.63, 3.8) is 0 Å². The maximum atomic E-state index is 12.2. The molecular formula is C17H24N2O4. The molecule has 1 fully saturated rings. The molecule has 1 aliphatic heterocycles. The highest BCUT2D eigenvalue weighted by Crippen LogP contribution is 2.17. The van der Waals surface area contributed by atoms with Crippen molar-refractivity contribution >= 4 is 11.9 Å². The van der Waals surface area contributed by atoms with Crippen LogP contribution in [0.3, 0.4) is 0 Å². The van der Waals surface area contributed by atoms with Crippen LogP contribution in [0.2, 0.25) is 0 Å². The molecule has 1 saturated heterocycles. The molecule has 1 aromatic carbocycles. The molecule has 6 nitrogen and oxygen atoms in total. The summed E-state index contributed by atoms with van der Waals surface area (Å²) < 4.78 is 9.87. The molecule has 0 unspecified atom stereocenters. The van der Waals surface area contributed by atoms with E-state index in [9.17, 15) is 9.59 Å². The van der Waals surface area contributed by atoms with Crippen LogP contribution < -0.4 is 15.4 Å². The topological polar surface area (TPSA) is 76.7 Å². The van der Waals surface area contributed by atoms with Gasteiger partial charge in [0.1, 0.15) is 5.75 Å². The summed E-state index contributed by atoms with van der Waals surface area (Å²) in [6.45, 7) is 3.31. The van der Waals surface area contributed by atoms with Gasteiger partial charge in [-0.15, -0.1) is 0 Å². The Morgan fingerprint density at radius 3 is 2.96 bits per heavy atom. The number of esters is 1. The van der Waals surface area contributed by atoms with Crippen LogP contribution in [0, 0.1) is 5.92 Å². The predicted molar refractivity (Wildman–Crippen MR) is 86.0 cm³/mol. The van der Waals surface area contributed by atoms with Crippen LogP contribution in [-0.4, -0.2) is 38.2 Å². The molecule has 1 aromatic rings. The standard InChI is InChI=1S/C17H24N2O4/c1-12-8-14(6-7-18-12)17(21)19-10-13-4-3-5-15(9-13)23-11-16(20)22-2/h3-5,9,12,14,18H,6-8,10-11H2,1-2H3,(H,19,21)/t12-,14-/m0/s1. The molecular weight excluding hydrogens is 296 g/mol. The van der Waals surface area contributed by atoms with E-state index in [2.05, 4.69) is 22.3 Å². The average molecular weight is 320 g/mol. The Balaban J connectivity index is 1.83. The molecule has 23 heavy (non-hydrogen) atoms. The first-order valence-corrected chi connectivity index (χ1v) is 7.88. The van der Waals surface area contributed by atoms with Crippen molar-refractivity contribution in [1.82, 2.24) is 10.6 Å². The van der Waals surface area contributed by atoms with Gasteiger partial charge in [-0.2, -0.15) is 0 Å². The molecule has 126 valence electrons. The van der Waals surface area contributed by atoms with Crippen LogP contribution >= 0.6 is 0 Å². The summed E-state index contributed by atoms with van der Waals surface area (Å²) in [4.78, 5) is 23.3. The normalized spacial score (nSPS) is 20.6. The molecule has 0 spiro atoms. The first kappa shape index (κ1) is 17.3. The summed E-state index contributed by atoms with van der Waals surface area (Å²) in [6.07, 6.45) is 1.74. The van der Waals surface area contributed by atoms with Crippen LogP contribution in [0.25, 0.3) is 0 Å². The van der Waals surface area contributed by atoms with Gasteiger partial charge in [-0.25, -0.2) is 4.79 Å². The van der Waals surface area contributed by atoms with Gasteiger partial charge in [0.15, 0.2) is 6.61 Å². The lowest BCUT2D eigenvalue weighted by molar-refractivity contribution is -0.142. The number of carbonyl (C=O) groups is 2. The monoisotopic (exact) mass is 320 g/mol. The van der Waals surface area contributed by atoms with Crippen molar-refractivity contribution in [1.29, 1.82) is 0 Å². The molecule has 2 atom stereocenters. The molecule has 0 aliphatic carbocycles.